The monoisotopic (exact) mass is 499 g/mol. The summed E-state index contributed by atoms with van der Waals surface area (Å²) in [6, 6.07) is 9.52. The van der Waals surface area contributed by atoms with Gasteiger partial charge in [-0.1, -0.05) is 12.1 Å². The molecule has 1 aliphatic heterocycles. The number of sulfonamides is 2. The Bertz CT molecular complexity index is 1190. The molecule has 0 aliphatic carbocycles. The second-order valence-corrected chi connectivity index (χ2v) is 11.3. The van der Waals surface area contributed by atoms with Gasteiger partial charge in [-0.2, -0.15) is 9.03 Å². The first-order chi connectivity index (χ1) is 15.5. The molecule has 33 heavy (non-hydrogen) atoms. The van der Waals surface area contributed by atoms with Crippen molar-refractivity contribution in [2.75, 3.05) is 20.2 Å². The molecule has 1 fully saturated rings. The zero-order valence-electron chi connectivity index (χ0n) is 18.2. The Morgan fingerprint density at radius 3 is 2.24 bits per heavy atom. The molecule has 2 aromatic carbocycles. The summed E-state index contributed by atoms with van der Waals surface area (Å²) in [5, 5.41) is 2.74. The lowest BCUT2D eigenvalue weighted by molar-refractivity contribution is -0.123. The van der Waals surface area contributed by atoms with E-state index in [1.807, 2.05) is 0 Å². The molecular formula is C21H26FN3O6S2. The number of carbonyl (C=O) groups excluding carboxylic acids is 1. The van der Waals surface area contributed by atoms with Crippen LogP contribution in [0, 0.1) is 5.82 Å². The van der Waals surface area contributed by atoms with Gasteiger partial charge >= 0.3 is 0 Å². The van der Waals surface area contributed by atoms with E-state index in [4.69, 9.17) is 4.74 Å². The summed E-state index contributed by atoms with van der Waals surface area (Å²) in [5.41, 5.74) is 0. The lowest BCUT2D eigenvalue weighted by atomic mass is 10.1. The number of carbonyl (C=O) groups is 1. The molecule has 12 heteroatoms. The molecule has 0 radical (unpaired) electrons. The fraction of sp³-hybridized carbons (Fsp3) is 0.381. The molecule has 0 unspecified atom stereocenters. The van der Waals surface area contributed by atoms with Crippen LogP contribution in [-0.4, -0.2) is 59.3 Å². The van der Waals surface area contributed by atoms with E-state index in [1.165, 1.54) is 42.6 Å². The van der Waals surface area contributed by atoms with Crippen molar-refractivity contribution in [3.05, 3.63) is 54.3 Å². The molecule has 1 heterocycles. The molecule has 1 amide bonds. The molecule has 0 spiro atoms. The first-order valence-corrected chi connectivity index (χ1v) is 13.2. The summed E-state index contributed by atoms with van der Waals surface area (Å²) in [6.45, 7) is 1.76. The van der Waals surface area contributed by atoms with Crippen LogP contribution in [0.15, 0.2) is 58.3 Å². The Morgan fingerprint density at radius 2 is 1.67 bits per heavy atom. The number of hydrogen-bond donors (Lipinski definition) is 2. The van der Waals surface area contributed by atoms with Crippen LogP contribution >= 0.6 is 0 Å². The largest absolute Gasteiger partial charge is 0.497 e. The van der Waals surface area contributed by atoms with Crippen molar-refractivity contribution in [1.82, 2.24) is 14.3 Å². The van der Waals surface area contributed by atoms with Gasteiger partial charge in [-0.05, 0) is 56.2 Å². The standard InChI is InChI=1S/C21H26FN3O6S2/c1-15(24-32(27,28)20-6-4-3-5-19(20)22)21(26)23-16-11-13-25(14-12-16)33(29,30)18-9-7-17(31-2)8-10-18/h3-10,15-16,24H,11-14H2,1-2H3,(H,23,26)/t15-/m0/s1. The third-order valence-electron chi connectivity index (χ3n) is 5.35. The smallest absolute Gasteiger partial charge is 0.244 e. The number of nitrogens with zero attached hydrogens (tertiary/aromatic N) is 1. The van der Waals surface area contributed by atoms with Crippen molar-refractivity contribution < 1.29 is 30.8 Å². The van der Waals surface area contributed by atoms with Crippen LogP contribution in [0.2, 0.25) is 0 Å². The van der Waals surface area contributed by atoms with E-state index in [9.17, 15) is 26.0 Å². The molecule has 2 N–H and O–H groups in total. The molecule has 3 rings (SSSR count). The Kier molecular flexibility index (Phi) is 7.73. The van der Waals surface area contributed by atoms with Crippen LogP contribution in [0.3, 0.4) is 0 Å². The number of nitrogens with one attached hydrogen (secondary N) is 2. The predicted molar refractivity (Wildman–Crippen MR) is 119 cm³/mol. The molecule has 1 saturated heterocycles. The molecule has 1 aliphatic rings. The average molecular weight is 500 g/mol. The lowest BCUT2D eigenvalue weighted by Crippen LogP contribution is -2.51. The SMILES string of the molecule is COc1ccc(S(=O)(=O)N2CCC(NC(=O)[C@H](C)NS(=O)(=O)c3ccccc3F)CC2)cc1. The summed E-state index contributed by atoms with van der Waals surface area (Å²) in [4.78, 5) is 12.1. The van der Waals surface area contributed by atoms with Gasteiger partial charge in [-0.15, -0.1) is 0 Å². The van der Waals surface area contributed by atoms with Gasteiger partial charge in [0.25, 0.3) is 0 Å². The van der Waals surface area contributed by atoms with E-state index in [-0.39, 0.29) is 24.0 Å². The highest BCUT2D eigenvalue weighted by Crippen LogP contribution is 2.23. The highest BCUT2D eigenvalue weighted by molar-refractivity contribution is 7.89. The average Bonchev–Trinajstić information content (AvgIpc) is 2.79. The van der Waals surface area contributed by atoms with Gasteiger partial charge in [0.2, 0.25) is 26.0 Å². The van der Waals surface area contributed by atoms with Gasteiger partial charge < -0.3 is 10.1 Å². The number of hydrogen-bond acceptors (Lipinski definition) is 6. The predicted octanol–water partition coefficient (Wildman–Crippen LogP) is 1.47. The van der Waals surface area contributed by atoms with Crippen LogP contribution in [-0.2, 0) is 24.8 Å². The molecule has 180 valence electrons. The Balaban J connectivity index is 1.56. The topological polar surface area (TPSA) is 122 Å². The van der Waals surface area contributed by atoms with Crippen LogP contribution in [0.4, 0.5) is 4.39 Å². The van der Waals surface area contributed by atoms with Gasteiger partial charge in [0, 0.05) is 19.1 Å². The van der Waals surface area contributed by atoms with E-state index in [2.05, 4.69) is 10.0 Å². The first kappa shape index (κ1) is 25.1. The van der Waals surface area contributed by atoms with Crippen molar-refractivity contribution >= 4 is 26.0 Å². The van der Waals surface area contributed by atoms with Crippen molar-refractivity contribution in [1.29, 1.82) is 0 Å². The molecule has 1 atom stereocenters. The summed E-state index contributed by atoms with van der Waals surface area (Å²) in [7, 11) is -6.40. The molecule has 0 bridgehead atoms. The summed E-state index contributed by atoms with van der Waals surface area (Å²) in [6.07, 6.45) is 0.738. The maximum atomic E-state index is 13.8. The minimum absolute atomic E-state index is 0.155. The van der Waals surface area contributed by atoms with Gasteiger partial charge in [0.1, 0.15) is 16.5 Å². The molecule has 9 nitrogen and oxygen atoms in total. The van der Waals surface area contributed by atoms with Gasteiger partial charge in [-0.25, -0.2) is 21.2 Å². The highest BCUT2D eigenvalue weighted by Gasteiger charge is 2.31. The Morgan fingerprint density at radius 1 is 1.06 bits per heavy atom. The normalized spacial score (nSPS) is 16.8. The fourth-order valence-corrected chi connectivity index (χ4v) is 6.23. The number of amides is 1. The maximum Gasteiger partial charge on any atom is 0.244 e. The molecule has 2 aromatic rings. The number of piperidine rings is 1. The summed E-state index contributed by atoms with van der Waals surface area (Å²) >= 11 is 0. The number of ether oxygens (including phenoxy) is 1. The second kappa shape index (κ2) is 10.2. The number of benzene rings is 2. The minimum atomic E-state index is -4.22. The van der Waals surface area contributed by atoms with Gasteiger partial charge in [-0.3, -0.25) is 4.79 Å². The first-order valence-electron chi connectivity index (χ1n) is 10.3. The Hall–Kier alpha value is -2.54. The zero-order chi connectivity index (χ0) is 24.2. The third-order valence-corrected chi connectivity index (χ3v) is 8.84. The van der Waals surface area contributed by atoms with Crippen molar-refractivity contribution in [2.24, 2.45) is 0 Å². The van der Waals surface area contributed by atoms with Crippen molar-refractivity contribution in [2.45, 2.75) is 41.6 Å². The van der Waals surface area contributed by atoms with Crippen LogP contribution in [0.25, 0.3) is 0 Å². The lowest BCUT2D eigenvalue weighted by Gasteiger charge is -2.32. The van der Waals surface area contributed by atoms with E-state index in [0.29, 0.717) is 18.6 Å². The van der Waals surface area contributed by atoms with Crippen LogP contribution in [0.5, 0.6) is 5.75 Å². The minimum Gasteiger partial charge on any atom is -0.497 e. The highest BCUT2D eigenvalue weighted by atomic mass is 32.2. The molecule has 0 aromatic heterocycles. The molecule has 0 saturated carbocycles. The number of rotatable bonds is 8. The quantitative estimate of drug-likeness (QED) is 0.567. The second-order valence-electron chi connectivity index (χ2n) is 7.64. The number of halogens is 1. The van der Waals surface area contributed by atoms with Gasteiger partial charge in [0.05, 0.1) is 18.0 Å². The van der Waals surface area contributed by atoms with E-state index in [0.717, 1.165) is 12.1 Å². The van der Waals surface area contributed by atoms with Crippen LogP contribution in [0.1, 0.15) is 19.8 Å². The Labute approximate surface area is 193 Å². The fourth-order valence-electron chi connectivity index (χ4n) is 3.48. The van der Waals surface area contributed by atoms with E-state index < -0.39 is 42.7 Å². The zero-order valence-corrected chi connectivity index (χ0v) is 19.8. The third kappa shape index (κ3) is 5.88. The van der Waals surface area contributed by atoms with Crippen LogP contribution < -0.4 is 14.8 Å². The maximum absolute atomic E-state index is 13.8. The summed E-state index contributed by atoms with van der Waals surface area (Å²) in [5.74, 6) is -0.940. The molecular weight excluding hydrogens is 473 g/mol. The van der Waals surface area contributed by atoms with Gasteiger partial charge in [0.15, 0.2) is 0 Å². The van der Waals surface area contributed by atoms with Crippen molar-refractivity contribution in [3.63, 3.8) is 0 Å². The van der Waals surface area contributed by atoms with E-state index >= 15 is 0 Å². The van der Waals surface area contributed by atoms with E-state index in [1.54, 1.807) is 12.1 Å². The van der Waals surface area contributed by atoms with Crippen molar-refractivity contribution in [3.8, 4) is 5.75 Å². The number of methoxy groups -OCH3 is 1. The summed E-state index contributed by atoms with van der Waals surface area (Å²) < 4.78 is 72.8.